The number of carbonyl (C=O) groups excluding carboxylic acids is 2. The summed E-state index contributed by atoms with van der Waals surface area (Å²) in [6, 6.07) is 3.78. The highest BCUT2D eigenvalue weighted by atomic mass is 16.4. The normalized spacial score (nSPS) is 27.6. The van der Waals surface area contributed by atoms with Crippen LogP contribution in [0.2, 0.25) is 0 Å². The molecule has 0 saturated carbocycles. The van der Waals surface area contributed by atoms with Gasteiger partial charge in [0.25, 0.3) is 5.91 Å². The van der Waals surface area contributed by atoms with E-state index < -0.39 is 6.09 Å². The molecule has 132 valence electrons. The number of benzene rings is 1. The number of fused-ring (bicyclic) bond motifs is 3. The Bertz CT molecular complexity index is 774. The fraction of sp³-hybridized carbons (Fsp3) is 0.526. The van der Waals surface area contributed by atoms with E-state index in [9.17, 15) is 19.5 Å². The van der Waals surface area contributed by atoms with Crippen LogP contribution in [0.5, 0.6) is 0 Å². The number of carbonyl (C=O) groups is 3. The zero-order valence-corrected chi connectivity index (χ0v) is 14.5. The number of amides is 2. The van der Waals surface area contributed by atoms with Gasteiger partial charge in [-0.05, 0) is 62.8 Å². The molecule has 2 unspecified atom stereocenters. The molecule has 6 nitrogen and oxygen atoms in total. The van der Waals surface area contributed by atoms with Crippen LogP contribution in [0, 0.1) is 6.92 Å². The number of Topliss-reactive ketones (excluding diaryl/α,β-unsaturated/α-hetero) is 1. The van der Waals surface area contributed by atoms with Crippen LogP contribution in [-0.2, 0) is 6.54 Å². The zero-order chi connectivity index (χ0) is 17.9. The molecule has 2 saturated heterocycles. The smallest absolute Gasteiger partial charge is 0.407 e. The summed E-state index contributed by atoms with van der Waals surface area (Å²) < 4.78 is 0. The van der Waals surface area contributed by atoms with Crippen molar-refractivity contribution in [3.8, 4) is 0 Å². The van der Waals surface area contributed by atoms with Crippen LogP contribution in [0.1, 0.15) is 64.4 Å². The minimum Gasteiger partial charge on any atom is -0.465 e. The van der Waals surface area contributed by atoms with E-state index in [1.54, 1.807) is 4.90 Å². The van der Waals surface area contributed by atoms with Crippen molar-refractivity contribution in [2.75, 3.05) is 0 Å². The van der Waals surface area contributed by atoms with E-state index in [1.165, 1.54) is 6.92 Å². The minimum absolute atomic E-state index is 0.00627. The van der Waals surface area contributed by atoms with Gasteiger partial charge in [0.05, 0.1) is 0 Å². The van der Waals surface area contributed by atoms with Gasteiger partial charge in [-0.15, -0.1) is 0 Å². The van der Waals surface area contributed by atoms with Crippen molar-refractivity contribution in [3.63, 3.8) is 0 Å². The summed E-state index contributed by atoms with van der Waals surface area (Å²) in [4.78, 5) is 39.8. The zero-order valence-electron chi connectivity index (χ0n) is 14.5. The number of piperidine rings is 1. The molecular weight excluding hydrogens is 320 g/mol. The van der Waals surface area contributed by atoms with Crippen LogP contribution >= 0.6 is 0 Å². The van der Waals surface area contributed by atoms with Crippen molar-refractivity contribution in [1.82, 2.24) is 9.80 Å². The predicted molar refractivity (Wildman–Crippen MR) is 90.8 cm³/mol. The Morgan fingerprint density at radius 1 is 1.12 bits per heavy atom. The van der Waals surface area contributed by atoms with Crippen LogP contribution in [-0.4, -0.2) is 50.8 Å². The maximum Gasteiger partial charge on any atom is 0.407 e. The molecule has 3 aliphatic heterocycles. The van der Waals surface area contributed by atoms with Gasteiger partial charge in [-0.25, -0.2) is 4.79 Å². The third-order valence-corrected chi connectivity index (χ3v) is 5.96. The molecule has 1 aromatic carbocycles. The summed E-state index contributed by atoms with van der Waals surface area (Å²) in [6.45, 7) is 3.89. The van der Waals surface area contributed by atoms with Crippen molar-refractivity contribution in [2.24, 2.45) is 0 Å². The Balaban J connectivity index is 1.62. The Morgan fingerprint density at radius 3 is 2.32 bits per heavy atom. The molecular formula is C19H22N2O4. The van der Waals surface area contributed by atoms with Gasteiger partial charge in [-0.3, -0.25) is 9.59 Å². The largest absolute Gasteiger partial charge is 0.465 e. The standard InChI is InChI=1S/C19H22N2O4/c1-10-5-15(11(2)22)17-9-20(18(23)16(17)6-10)14-7-12-3-4-13(8-14)21(12)19(24)25/h5-6,12-14H,3-4,7-9H2,1-2H3,(H,24,25)/t12-,13?,14?/m0/s1. The molecule has 2 amide bonds. The highest BCUT2D eigenvalue weighted by Crippen LogP contribution is 2.40. The lowest BCUT2D eigenvalue weighted by molar-refractivity contribution is 0.0450. The van der Waals surface area contributed by atoms with E-state index in [4.69, 9.17) is 0 Å². The van der Waals surface area contributed by atoms with Crippen LogP contribution < -0.4 is 0 Å². The van der Waals surface area contributed by atoms with Crippen LogP contribution in [0.3, 0.4) is 0 Å². The highest BCUT2D eigenvalue weighted by Gasteiger charge is 2.47. The quantitative estimate of drug-likeness (QED) is 0.838. The van der Waals surface area contributed by atoms with E-state index in [1.807, 2.05) is 24.0 Å². The summed E-state index contributed by atoms with van der Waals surface area (Å²) >= 11 is 0. The van der Waals surface area contributed by atoms with E-state index in [0.717, 1.165) is 24.0 Å². The number of aryl methyl sites for hydroxylation is 1. The van der Waals surface area contributed by atoms with E-state index >= 15 is 0 Å². The second-order valence-electron chi connectivity index (χ2n) is 7.53. The fourth-order valence-corrected chi connectivity index (χ4v) is 4.90. The molecule has 1 aromatic rings. The number of ketones is 1. The first-order valence-electron chi connectivity index (χ1n) is 8.83. The number of nitrogens with zero attached hydrogens (tertiary/aromatic N) is 2. The van der Waals surface area contributed by atoms with Crippen molar-refractivity contribution in [2.45, 2.75) is 64.2 Å². The predicted octanol–water partition coefficient (Wildman–Crippen LogP) is 2.83. The molecule has 3 atom stereocenters. The second kappa shape index (κ2) is 5.58. The average molecular weight is 342 g/mol. The van der Waals surface area contributed by atoms with Crippen LogP contribution in [0.15, 0.2) is 12.1 Å². The van der Waals surface area contributed by atoms with Gasteiger partial charge in [-0.1, -0.05) is 0 Å². The summed E-state index contributed by atoms with van der Waals surface area (Å²) in [5.41, 5.74) is 3.02. The maximum absolute atomic E-state index is 13.0. The van der Waals surface area contributed by atoms with E-state index in [2.05, 4.69) is 0 Å². The molecule has 3 heterocycles. The lowest BCUT2D eigenvalue weighted by atomic mass is 9.96. The summed E-state index contributed by atoms with van der Waals surface area (Å²) in [7, 11) is 0. The average Bonchev–Trinajstić information content (AvgIpc) is 3.01. The molecule has 2 fully saturated rings. The molecule has 0 spiro atoms. The summed E-state index contributed by atoms with van der Waals surface area (Å²) in [5, 5.41) is 9.40. The number of carboxylic acid groups (broad SMARTS) is 1. The van der Waals surface area contributed by atoms with Gasteiger partial charge in [0.1, 0.15) is 0 Å². The van der Waals surface area contributed by atoms with Gasteiger partial charge < -0.3 is 14.9 Å². The van der Waals surface area contributed by atoms with Crippen molar-refractivity contribution < 1.29 is 19.5 Å². The lowest BCUT2D eigenvalue weighted by Gasteiger charge is -2.40. The molecule has 0 aliphatic carbocycles. The molecule has 0 aromatic heterocycles. The molecule has 25 heavy (non-hydrogen) atoms. The first-order chi connectivity index (χ1) is 11.9. The van der Waals surface area contributed by atoms with Crippen LogP contribution in [0.4, 0.5) is 4.79 Å². The van der Waals surface area contributed by atoms with E-state index in [0.29, 0.717) is 30.5 Å². The Hall–Kier alpha value is -2.37. The summed E-state index contributed by atoms with van der Waals surface area (Å²) in [5.74, 6) is -0.0373. The lowest BCUT2D eigenvalue weighted by Crippen LogP contribution is -2.52. The molecule has 4 rings (SSSR count). The Kier molecular flexibility index (Phi) is 3.60. The van der Waals surface area contributed by atoms with Crippen molar-refractivity contribution >= 4 is 17.8 Å². The Labute approximate surface area is 146 Å². The van der Waals surface area contributed by atoms with Gasteiger partial charge in [0, 0.05) is 35.8 Å². The molecule has 0 radical (unpaired) electrons. The molecule has 2 bridgehead atoms. The first kappa shape index (κ1) is 16.1. The highest BCUT2D eigenvalue weighted by molar-refractivity contribution is 6.04. The topological polar surface area (TPSA) is 77.9 Å². The van der Waals surface area contributed by atoms with Gasteiger partial charge in [0.15, 0.2) is 5.78 Å². The first-order valence-corrected chi connectivity index (χ1v) is 8.83. The van der Waals surface area contributed by atoms with Crippen LogP contribution in [0.25, 0.3) is 0 Å². The molecule has 3 aliphatic rings. The second-order valence-corrected chi connectivity index (χ2v) is 7.53. The third-order valence-electron chi connectivity index (χ3n) is 5.96. The fourth-order valence-electron chi connectivity index (χ4n) is 4.90. The minimum atomic E-state index is -0.850. The van der Waals surface area contributed by atoms with E-state index in [-0.39, 0.29) is 29.8 Å². The van der Waals surface area contributed by atoms with Gasteiger partial charge in [0.2, 0.25) is 0 Å². The number of hydrogen-bond donors (Lipinski definition) is 1. The number of rotatable bonds is 2. The van der Waals surface area contributed by atoms with Crippen molar-refractivity contribution in [3.05, 3.63) is 34.4 Å². The SMILES string of the molecule is CC(=O)c1cc(C)cc2c1CN(C1CC3CC[C@@H](C1)N3C(=O)O)C2=O. The Morgan fingerprint density at radius 2 is 1.76 bits per heavy atom. The van der Waals surface area contributed by atoms with Gasteiger partial charge in [-0.2, -0.15) is 0 Å². The number of hydrogen-bond acceptors (Lipinski definition) is 3. The van der Waals surface area contributed by atoms with Crippen molar-refractivity contribution in [1.29, 1.82) is 0 Å². The maximum atomic E-state index is 13.0. The van der Waals surface area contributed by atoms with Gasteiger partial charge >= 0.3 is 6.09 Å². The summed E-state index contributed by atoms with van der Waals surface area (Å²) in [6.07, 6.45) is 2.28. The third kappa shape index (κ3) is 2.42. The monoisotopic (exact) mass is 342 g/mol. The molecule has 1 N–H and O–H groups in total. The molecule has 6 heteroatoms.